The summed E-state index contributed by atoms with van der Waals surface area (Å²) in [7, 11) is 0. The lowest BCUT2D eigenvalue weighted by Crippen LogP contribution is -2.38. The molecule has 1 N–H and O–H groups in total. The SMILES string of the molecule is CCC(=O)N1CCCC[C@@H]1c1cc(Nc2cccc(C)n2)nc(C)n1. The minimum absolute atomic E-state index is 0.0360. The molecule has 1 aliphatic heterocycles. The van der Waals surface area contributed by atoms with E-state index < -0.39 is 0 Å². The van der Waals surface area contributed by atoms with Crippen LogP contribution < -0.4 is 5.32 Å². The summed E-state index contributed by atoms with van der Waals surface area (Å²) in [6, 6.07) is 7.81. The van der Waals surface area contributed by atoms with Crippen LogP contribution in [-0.2, 0) is 4.79 Å². The number of rotatable bonds is 4. The Bertz CT molecular complexity index is 761. The number of nitrogens with zero attached hydrogens (tertiary/aromatic N) is 4. The molecule has 2 aromatic rings. The van der Waals surface area contributed by atoms with E-state index in [-0.39, 0.29) is 11.9 Å². The Morgan fingerprint density at radius 3 is 2.80 bits per heavy atom. The highest BCUT2D eigenvalue weighted by molar-refractivity contribution is 5.76. The van der Waals surface area contributed by atoms with Crippen molar-refractivity contribution in [2.24, 2.45) is 0 Å². The Kier molecular flexibility index (Phi) is 5.26. The van der Waals surface area contributed by atoms with Gasteiger partial charge in [0.25, 0.3) is 0 Å². The molecule has 6 heteroatoms. The van der Waals surface area contributed by atoms with Gasteiger partial charge in [-0.25, -0.2) is 15.0 Å². The summed E-state index contributed by atoms with van der Waals surface area (Å²) < 4.78 is 0. The largest absolute Gasteiger partial charge is 0.334 e. The lowest BCUT2D eigenvalue weighted by atomic mass is 9.98. The maximum Gasteiger partial charge on any atom is 0.222 e. The van der Waals surface area contributed by atoms with Crippen LogP contribution in [0.25, 0.3) is 0 Å². The molecule has 0 aliphatic carbocycles. The van der Waals surface area contributed by atoms with E-state index in [1.807, 2.05) is 49.9 Å². The Labute approximate surface area is 148 Å². The number of carbonyl (C=O) groups is 1. The zero-order valence-electron chi connectivity index (χ0n) is 15.1. The van der Waals surface area contributed by atoms with Crippen LogP contribution in [-0.4, -0.2) is 32.3 Å². The van der Waals surface area contributed by atoms with Gasteiger partial charge in [-0.05, 0) is 45.2 Å². The molecule has 0 spiro atoms. The number of aromatic nitrogens is 3. The summed E-state index contributed by atoms with van der Waals surface area (Å²) >= 11 is 0. The van der Waals surface area contributed by atoms with Crippen molar-refractivity contribution in [3.8, 4) is 0 Å². The summed E-state index contributed by atoms with van der Waals surface area (Å²) in [4.78, 5) is 27.8. The van der Waals surface area contributed by atoms with E-state index >= 15 is 0 Å². The van der Waals surface area contributed by atoms with Gasteiger partial charge in [0.15, 0.2) is 0 Å². The lowest BCUT2D eigenvalue weighted by molar-refractivity contribution is -0.134. The van der Waals surface area contributed by atoms with Crippen molar-refractivity contribution in [1.29, 1.82) is 0 Å². The number of aryl methyl sites for hydroxylation is 2. The van der Waals surface area contributed by atoms with Gasteiger partial charge < -0.3 is 10.2 Å². The number of carbonyl (C=O) groups excluding carboxylic acids is 1. The third-order valence-electron chi connectivity index (χ3n) is 4.47. The highest BCUT2D eigenvalue weighted by atomic mass is 16.2. The summed E-state index contributed by atoms with van der Waals surface area (Å²) in [5.41, 5.74) is 1.85. The summed E-state index contributed by atoms with van der Waals surface area (Å²) in [5, 5.41) is 3.26. The van der Waals surface area contributed by atoms with Crippen LogP contribution >= 0.6 is 0 Å². The van der Waals surface area contributed by atoms with E-state index in [0.717, 1.165) is 48.8 Å². The summed E-state index contributed by atoms with van der Waals surface area (Å²) in [6.07, 6.45) is 3.65. The first-order chi connectivity index (χ1) is 12.1. The minimum atomic E-state index is 0.0360. The number of nitrogens with one attached hydrogen (secondary N) is 1. The molecule has 0 unspecified atom stereocenters. The first-order valence-corrected chi connectivity index (χ1v) is 8.92. The van der Waals surface area contributed by atoms with Crippen LogP contribution in [0.3, 0.4) is 0 Å². The zero-order valence-corrected chi connectivity index (χ0v) is 15.1. The molecule has 3 heterocycles. The molecule has 25 heavy (non-hydrogen) atoms. The normalized spacial score (nSPS) is 17.4. The van der Waals surface area contributed by atoms with Crippen molar-refractivity contribution in [2.45, 2.75) is 52.5 Å². The fourth-order valence-electron chi connectivity index (χ4n) is 3.31. The Hall–Kier alpha value is -2.50. The van der Waals surface area contributed by atoms with E-state index in [9.17, 15) is 4.79 Å². The molecule has 0 radical (unpaired) electrons. The molecule has 132 valence electrons. The highest BCUT2D eigenvalue weighted by Crippen LogP contribution is 2.31. The van der Waals surface area contributed by atoms with Gasteiger partial charge in [-0.15, -0.1) is 0 Å². The van der Waals surface area contributed by atoms with E-state index in [0.29, 0.717) is 12.2 Å². The van der Waals surface area contributed by atoms with Gasteiger partial charge in [0.05, 0.1) is 11.7 Å². The minimum Gasteiger partial charge on any atom is -0.334 e. The zero-order chi connectivity index (χ0) is 17.8. The van der Waals surface area contributed by atoms with Crippen molar-refractivity contribution in [1.82, 2.24) is 19.9 Å². The van der Waals surface area contributed by atoms with Crippen molar-refractivity contribution < 1.29 is 4.79 Å². The number of pyridine rings is 1. The molecule has 1 saturated heterocycles. The number of piperidine rings is 1. The fourth-order valence-corrected chi connectivity index (χ4v) is 3.31. The average molecular weight is 339 g/mol. The van der Waals surface area contributed by atoms with Gasteiger partial charge in [0, 0.05) is 24.7 Å². The standard InChI is InChI=1S/C19H25N5O/c1-4-19(25)24-11-6-5-9-16(24)15-12-18(22-14(3)21-15)23-17-10-7-8-13(2)20-17/h7-8,10,12,16H,4-6,9,11H2,1-3H3,(H,20,21,22,23)/t16-/m1/s1. The number of hydrogen-bond donors (Lipinski definition) is 1. The number of amides is 1. The molecule has 1 aliphatic rings. The van der Waals surface area contributed by atoms with Gasteiger partial charge in [-0.3, -0.25) is 4.79 Å². The molecule has 0 saturated carbocycles. The first-order valence-electron chi connectivity index (χ1n) is 8.92. The van der Waals surface area contributed by atoms with Gasteiger partial charge in [0.2, 0.25) is 5.91 Å². The Morgan fingerprint density at radius 1 is 1.20 bits per heavy atom. The second-order valence-corrected chi connectivity index (χ2v) is 6.47. The van der Waals surface area contributed by atoms with Crippen molar-refractivity contribution in [3.63, 3.8) is 0 Å². The van der Waals surface area contributed by atoms with Gasteiger partial charge in [0.1, 0.15) is 17.5 Å². The van der Waals surface area contributed by atoms with Crippen molar-refractivity contribution >= 4 is 17.5 Å². The Balaban J connectivity index is 1.88. The van der Waals surface area contributed by atoms with Crippen LogP contribution in [0.1, 0.15) is 55.9 Å². The molecule has 1 atom stereocenters. The van der Waals surface area contributed by atoms with Crippen molar-refractivity contribution in [2.75, 3.05) is 11.9 Å². The third-order valence-corrected chi connectivity index (χ3v) is 4.47. The first kappa shape index (κ1) is 17.3. The molecule has 1 amide bonds. The second kappa shape index (κ2) is 7.59. The molecule has 0 bridgehead atoms. The number of hydrogen-bond acceptors (Lipinski definition) is 5. The summed E-state index contributed by atoms with van der Waals surface area (Å²) in [5.74, 6) is 2.36. The predicted octanol–water partition coefficient (Wildman–Crippen LogP) is 3.70. The maximum atomic E-state index is 12.3. The molecule has 1 fully saturated rings. The van der Waals surface area contributed by atoms with Crippen LogP contribution in [0.5, 0.6) is 0 Å². The van der Waals surface area contributed by atoms with Crippen LogP contribution in [0.4, 0.5) is 11.6 Å². The molecule has 2 aromatic heterocycles. The average Bonchev–Trinajstić information content (AvgIpc) is 2.60. The van der Waals surface area contributed by atoms with E-state index in [4.69, 9.17) is 0 Å². The van der Waals surface area contributed by atoms with E-state index in [1.165, 1.54) is 0 Å². The van der Waals surface area contributed by atoms with Gasteiger partial charge in [-0.1, -0.05) is 13.0 Å². The maximum absolute atomic E-state index is 12.3. The number of anilines is 2. The quantitative estimate of drug-likeness (QED) is 0.920. The van der Waals surface area contributed by atoms with Crippen LogP contribution in [0.15, 0.2) is 24.3 Å². The number of likely N-dealkylation sites (tertiary alicyclic amines) is 1. The van der Waals surface area contributed by atoms with Crippen LogP contribution in [0.2, 0.25) is 0 Å². The van der Waals surface area contributed by atoms with Gasteiger partial charge >= 0.3 is 0 Å². The second-order valence-electron chi connectivity index (χ2n) is 6.47. The Morgan fingerprint density at radius 2 is 2.04 bits per heavy atom. The molecule has 0 aromatic carbocycles. The molecule has 6 nitrogen and oxygen atoms in total. The molecular formula is C19H25N5O. The van der Waals surface area contributed by atoms with E-state index in [1.54, 1.807) is 0 Å². The lowest BCUT2D eigenvalue weighted by Gasteiger charge is -2.35. The smallest absolute Gasteiger partial charge is 0.222 e. The van der Waals surface area contributed by atoms with Gasteiger partial charge in [-0.2, -0.15) is 0 Å². The predicted molar refractivity (Wildman–Crippen MR) is 97.6 cm³/mol. The molecule has 3 rings (SSSR count). The monoisotopic (exact) mass is 339 g/mol. The van der Waals surface area contributed by atoms with Crippen molar-refractivity contribution in [3.05, 3.63) is 41.5 Å². The van der Waals surface area contributed by atoms with E-state index in [2.05, 4.69) is 20.3 Å². The topological polar surface area (TPSA) is 71.0 Å². The van der Waals surface area contributed by atoms with Crippen LogP contribution in [0, 0.1) is 13.8 Å². The third kappa shape index (κ3) is 4.13. The highest BCUT2D eigenvalue weighted by Gasteiger charge is 2.28. The fraction of sp³-hybridized carbons (Fsp3) is 0.474. The molecular weight excluding hydrogens is 314 g/mol. The summed E-state index contributed by atoms with van der Waals surface area (Å²) in [6.45, 7) is 6.56.